The second-order valence-electron chi connectivity index (χ2n) is 7.81. The molecule has 3 atom stereocenters. The molecule has 1 aromatic carbocycles. The summed E-state index contributed by atoms with van der Waals surface area (Å²) in [5.74, 6) is 0.928. The van der Waals surface area contributed by atoms with Gasteiger partial charge in [0, 0.05) is 0 Å². The Bertz CT molecular complexity index is 713. The minimum Gasteiger partial charge on any atom is -0.493 e. The Morgan fingerprint density at radius 1 is 1.03 bits per heavy atom. The lowest BCUT2D eigenvalue weighted by Crippen LogP contribution is -2.36. The van der Waals surface area contributed by atoms with Crippen LogP contribution in [0.2, 0.25) is 0 Å². The second-order valence-corrected chi connectivity index (χ2v) is 7.81. The van der Waals surface area contributed by atoms with E-state index in [1.807, 2.05) is 0 Å². The molecule has 2 rings (SSSR count). The lowest BCUT2D eigenvalue weighted by Gasteiger charge is -2.36. The summed E-state index contributed by atoms with van der Waals surface area (Å²) in [5.41, 5.74) is 0.143. The summed E-state index contributed by atoms with van der Waals surface area (Å²) >= 11 is 0. The average Bonchev–Trinajstić information content (AvgIpc) is 2.70. The molecule has 0 amide bonds. The molecule has 29 heavy (non-hydrogen) atoms. The van der Waals surface area contributed by atoms with E-state index in [1.165, 1.54) is 27.4 Å². The van der Waals surface area contributed by atoms with Crippen molar-refractivity contribution in [3.05, 3.63) is 17.7 Å². The SMILES string of the molecule is COc1ccc(C(=O)OCC(=O)O[C@@H]2C[C@@H](C)CC[C@H]2C(C)C)c(OC)c1OC. The van der Waals surface area contributed by atoms with Crippen molar-refractivity contribution >= 4 is 11.9 Å². The Balaban J connectivity index is 2.02. The van der Waals surface area contributed by atoms with E-state index in [-0.39, 0.29) is 23.2 Å². The van der Waals surface area contributed by atoms with E-state index in [2.05, 4.69) is 20.8 Å². The van der Waals surface area contributed by atoms with Gasteiger partial charge in [0.1, 0.15) is 11.7 Å². The smallest absolute Gasteiger partial charge is 0.344 e. The van der Waals surface area contributed by atoms with Crippen LogP contribution in [0.15, 0.2) is 12.1 Å². The van der Waals surface area contributed by atoms with Crippen molar-refractivity contribution in [1.29, 1.82) is 0 Å². The van der Waals surface area contributed by atoms with E-state index < -0.39 is 18.5 Å². The molecule has 0 spiro atoms. The molecule has 162 valence electrons. The van der Waals surface area contributed by atoms with Gasteiger partial charge in [-0.1, -0.05) is 27.2 Å². The van der Waals surface area contributed by atoms with Crippen LogP contribution in [0.3, 0.4) is 0 Å². The van der Waals surface area contributed by atoms with Crippen LogP contribution in [0, 0.1) is 17.8 Å². The van der Waals surface area contributed by atoms with Gasteiger partial charge in [0.2, 0.25) is 5.75 Å². The molecule has 1 aliphatic rings. The van der Waals surface area contributed by atoms with Crippen molar-refractivity contribution in [3.63, 3.8) is 0 Å². The summed E-state index contributed by atoms with van der Waals surface area (Å²) in [6, 6.07) is 3.08. The van der Waals surface area contributed by atoms with E-state index in [1.54, 1.807) is 6.07 Å². The lowest BCUT2D eigenvalue weighted by molar-refractivity contribution is -0.159. The molecule has 0 N–H and O–H groups in total. The van der Waals surface area contributed by atoms with Gasteiger partial charge in [0.25, 0.3) is 0 Å². The Morgan fingerprint density at radius 3 is 2.31 bits per heavy atom. The Labute approximate surface area is 172 Å². The normalized spacial score (nSPS) is 21.4. The summed E-state index contributed by atoms with van der Waals surface area (Å²) in [7, 11) is 4.35. The van der Waals surface area contributed by atoms with Crippen LogP contribution in [0.5, 0.6) is 17.2 Å². The van der Waals surface area contributed by atoms with Crippen LogP contribution in [-0.2, 0) is 14.3 Å². The van der Waals surface area contributed by atoms with Gasteiger partial charge in [-0.25, -0.2) is 9.59 Å². The summed E-state index contributed by atoms with van der Waals surface area (Å²) < 4.78 is 26.6. The van der Waals surface area contributed by atoms with Crippen molar-refractivity contribution < 1.29 is 33.3 Å². The highest BCUT2D eigenvalue weighted by atomic mass is 16.6. The number of ether oxygens (including phenoxy) is 5. The Kier molecular flexibility index (Phi) is 8.17. The molecule has 1 aromatic rings. The molecule has 0 heterocycles. The van der Waals surface area contributed by atoms with Gasteiger partial charge in [0.15, 0.2) is 18.1 Å². The van der Waals surface area contributed by atoms with Crippen molar-refractivity contribution in [2.45, 2.75) is 46.1 Å². The Hall–Kier alpha value is -2.44. The molecule has 1 aliphatic carbocycles. The van der Waals surface area contributed by atoms with Crippen molar-refractivity contribution in [1.82, 2.24) is 0 Å². The predicted molar refractivity (Wildman–Crippen MR) is 108 cm³/mol. The number of rotatable bonds is 8. The van der Waals surface area contributed by atoms with Crippen molar-refractivity contribution in [2.24, 2.45) is 17.8 Å². The first kappa shape index (κ1) is 22.8. The molecule has 0 aromatic heterocycles. The van der Waals surface area contributed by atoms with Gasteiger partial charge in [-0.2, -0.15) is 0 Å². The standard InChI is InChI=1S/C22H32O7/c1-13(2)15-8-7-14(3)11-18(15)29-19(23)12-28-22(24)16-9-10-17(25-4)21(27-6)20(16)26-5/h9-10,13-15,18H,7-8,11-12H2,1-6H3/t14-,15-,18+/m0/s1. The quantitative estimate of drug-likeness (QED) is 0.604. The van der Waals surface area contributed by atoms with Crippen LogP contribution in [0.4, 0.5) is 0 Å². The summed E-state index contributed by atoms with van der Waals surface area (Å²) in [5, 5.41) is 0. The second kappa shape index (κ2) is 10.4. The van der Waals surface area contributed by atoms with Gasteiger partial charge in [-0.15, -0.1) is 0 Å². The van der Waals surface area contributed by atoms with Crippen LogP contribution in [-0.4, -0.2) is 46.0 Å². The van der Waals surface area contributed by atoms with Crippen molar-refractivity contribution in [3.8, 4) is 17.2 Å². The predicted octanol–water partition coefficient (Wildman–Crippen LogP) is 3.87. The fourth-order valence-electron chi connectivity index (χ4n) is 3.92. The summed E-state index contributed by atoms with van der Waals surface area (Å²) in [6.45, 7) is 6.00. The fourth-order valence-corrected chi connectivity index (χ4v) is 3.92. The highest BCUT2D eigenvalue weighted by Crippen LogP contribution is 2.40. The maximum absolute atomic E-state index is 12.5. The maximum Gasteiger partial charge on any atom is 0.344 e. The number of hydrogen-bond acceptors (Lipinski definition) is 7. The molecular weight excluding hydrogens is 376 g/mol. The third-order valence-electron chi connectivity index (χ3n) is 5.49. The summed E-state index contributed by atoms with van der Waals surface area (Å²) in [6.07, 6.45) is 2.89. The van der Waals surface area contributed by atoms with Gasteiger partial charge in [-0.05, 0) is 42.7 Å². The van der Waals surface area contributed by atoms with E-state index >= 15 is 0 Å². The van der Waals surface area contributed by atoms with Gasteiger partial charge < -0.3 is 23.7 Å². The largest absolute Gasteiger partial charge is 0.493 e. The third-order valence-corrected chi connectivity index (χ3v) is 5.49. The highest BCUT2D eigenvalue weighted by molar-refractivity contribution is 5.95. The van der Waals surface area contributed by atoms with E-state index in [0.717, 1.165) is 19.3 Å². The maximum atomic E-state index is 12.5. The monoisotopic (exact) mass is 408 g/mol. The van der Waals surface area contributed by atoms with Crippen LogP contribution in [0.25, 0.3) is 0 Å². The lowest BCUT2D eigenvalue weighted by atomic mass is 9.75. The number of benzene rings is 1. The zero-order valence-electron chi connectivity index (χ0n) is 18.2. The summed E-state index contributed by atoms with van der Waals surface area (Å²) in [4.78, 5) is 24.8. The van der Waals surface area contributed by atoms with Crippen LogP contribution < -0.4 is 14.2 Å². The van der Waals surface area contributed by atoms with E-state index in [4.69, 9.17) is 23.7 Å². The third kappa shape index (κ3) is 5.55. The number of carbonyl (C=O) groups is 2. The minimum absolute atomic E-state index is 0.138. The topological polar surface area (TPSA) is 80.3 Å². The number of esters is 2. The molecule has 0 saturated heterocycles. The highest BCUT2D eigenvalue weighted by Gasteiger charge is 2.33. The molecule has 0 radical (unpaired) electrons. The molecular formula is C22H32O7. The molecule has 1 saturated carbocycles. The molecule has 0 unspecified atom stereocenters. The van der Waals surface area contributed by atoms with Gasteiger partial charge >= 0.3 is 11.9 Å². The van der Waals surface area contributed by atoms with Crippen LogP contribution in [0.1, 0.15) is 50.4 Å². The van der Waals surface area contributed by atoms with Crippen molar-refractivity contribution in [2.75, 3.05) is 27.9 Å². The zero-order chi connectivity index (χ0) is 21.6. The Morgan fingerprint density at radius 2 is 1.72 bits per heavy atom. The van der Waals surface area contributed by atoms with E-state index in [9.17, 15) is 9.59 Å². The molecule has 7 heteroatoms. The zero-order valence-corrected chi connectivity index (χ0v) is 18.2. The molecule has 0 aliphatic heterocycles. The first-order valence-corrected chi connectivity index (χ1v) is 9.97. The number of methoxy groups -OCH3 is 3. The van der Waals surface area contributed by atoms with Crippen LogP contribution >= 0.6 is 0 Å². The average molecular weight is 408 g/mol. The number of carbonyl (C=O) groups excluding carboxylic acids is 2. The van der Waals surface area contributed by atoms with Gasteiger partial charge in [0.05, 0.1) is 21.3 Å². The first-order valence-electron chi connectivity index (χ1n) is 9.97. The fraction of sp³-hybridized carbons (Fsp3) is 0.636. The van der Waals surface area contributed by atoms with E-state index in [0.29, 0.717) is 23.5 Å². The molecule has 1 fully saturated rings. The minimum atomic E-state index is -0.697. The van der Waals surface area contributed by atoms with Gasteiger partial charge in [-0.3, -0.25) is 0 Å². The molecule has 0 bridgehead atoms. The first-order chi connectivity index (χ1) is 13.8. The number of hydrogen-bond donors (Lipinski definition) is 0. The molecule has 7 nitrogen and oxygen atoms in total.